The Morgan fingerprint density at radius 1 is 1.45 bits per heavy atom. The van der Waals surface area contributed by atoms with Crippen molar-refractivity contribution >= 4 is 10.3 Å². The fraction of sp³-hybridized carbons (Fsp3) is 1.00. The Morgan fingerprint density at radius 3 is 2.18 bits per heavy atom. The Kier molecular flexibility index (Phi) is 7.69. The van der Waals surface area contributed by atoms with E-state index in [9.17, 15) is 13.0 Å². The van der Waals surface area contributed by atoms with Crippen molar-refractivity contribution in [1.29, 1.82) is 0 Å². The molecule has 0 aromatic heterocycles. The standard InChI is InChI=1S/C5H13NO3S.Li/c1-3-4-5-6(2)10(7,8)9;/h3-5H2,1-2H3,(H,7,8,9);/q;+1/p-1. The first-order valence-corrected chi connectivity index (χ1v) is 4.52. The summed E-state index contributed by atoms with van der Waals surface area (Å²) in [5, 5.41) is 0. The minimum atomic E-state index is -4.19. The van der Waals surface area contributed by atoms with Crippen LogP contribution in [0.15, 0.2) is 0 Å². The minimum Gasteiger partial charge on any atom is -0.735 e. The molecule has 0 saturated carbocycles. The zero-order valence-corrected chi connectivity index (χ0v) is 8.02. The average molecular weight is 173 g/mol. The van der Waals surface area contributed by atoms with Gasteiger partial charge in [-0.15, -0.1) is 0 Å². The summed E-state index contributed by atoms with van der Waals surface area (Å²) < 4.78 is 31.4. The Bertz CT molecular complexity index is 180. The molecule has 6 heteroatoms. The smallest absolute Gasteiger partial charge is 0.735 e. The summed E-state index contributed by atoms with van der Waals surface area (Å²) in [6.45, 7) is 2.26. The summed E-state index contributed by atoms with van der Waals surface area (Å²) in [4.78, 5) is 0. The molecule has 0 aliphatic rings. The van der Waals surface area contributed by atoms with Crippen LogP contribution in [-0.2, 0) is 10.3 Å². The van der Waals surface area contributed by atoms with E-state index in [-0.39, 0.29) is 18.9 Å². The topological polar surface area (TPSA) is 60.4 Å². The number of rotatable bonds is 4. The van der Waals surface area contributed by atoms with E-state index in [2.05, 4.69) is 0 Å². The second-order valence-electron chi connectivity index (χ2n) is 2.13. The number of hydrogen-bond acceptors (Lipinski definition) is 3. The van der Waals surface area contributed by atoms with E-state index in [1.165, 1.54) is 7.05 Å². The normalized spacial score (nSPS) is 11.3. The molecule has 0 spiro atoms. The van der Waals surface area contributed by atoms with E-state index in [0.717, 1.165) is 17.1 Å². The molecule has 0 aromatic carbocycles. The van der Waals surface area contributed by atoms with E-state index in [1.807, 2.05) is 6.92 Å². The molecule has 0 unspecified atom stereocenters. The summed E-state index contributed by atoms with van der Waals surface area (Å²) in [6.07, 6.45) is 1.62. The molecule has 0 atom stereocenters. The van der Waals surface area contributed by atoms with E-state index in [4.69, 9.17) is 0 Å². The van der Waals surface area contributed by atoms with E-state index >= 15 is 0 Å². The third kappa shape index (κ3) is 6.85. The molecule has 0 amide bonds. The first-order chi connectivity index (χ1) is 4.48. The van der Waals surface area contributed by atoms with Gasteiger partial charge in [0.2, 0.25) is 0 Å². The van der Waals surface area contributed by atoms with Crippen LogP contribution in [0, 0.1) is 0 Å². The van der Waals surface area contributed by atoms with Crippen LogP contribution in [0.4, 0.5) is 0 Å². The van der Waals surface area contributed by atoms with Crippen LogP contribution in [-0.4, -0.2) is 30.9 Å². The SMILES string of the molecule is CCCCN(C)S(=O)(=O)[O-].[Li+]. The van der Waals surface area contributed by atoms with Crippen molar-refractivity contribution in [3.63, 3.8) is 0 Å². The predicted octanol–water partition coefficient (Wildman–Crippen LogP) is -2.82. The average Bonchev–Trinajstić information content (AvgIpc) is 1.80. The van der Waals surface area contributed by atoms with Gasteiger partial charge in [-0.2, -0.15) is 0 Å². The Morgan fingerprint density at radius 2 is 1.91 bits per heavy atom. The largest absolute Gasteiger partial charge is 1.00 e. The van der Waals surface area contributed by atoms with Crippen molar-refractivity contribution in [2.75, 3.05) is 13.6 Å². The molecule has 0 bridgehead atoms. The summed E-state index contributed by atoms with van der Waals surface area (Å²) in [5.41, 5.74) is 0. The molecule has 4 nitrogen and oxygen atoms in total. The molecular weight excluding hydrogens is 161 g/mol. The molecule has 0 aliphatic carbocycles. The maximum Gasteiger partial charge on any atom is 1.00 e. The number of hydrogen-bond donors (Lipinski definition) is 0. The van der Waals surface area contributed by atoms with Gasteiger partial charge in [0.25, 0.3) is 0 Å². The van der Waals surface area contributed by atoms with Crippen molar-refractivity contribution in [2.45, 2.75) is 19.8 Å². The molecule has 62 valence electrons. The summed E-state index contributed by atoms with van der Waals surface area (Å²) in [5.74, 6) is 0. The van der Waals surface area contributed by atoms with E-state index < -0.39 is 10.3 Å². The molecule has 0 aliphatic heterocycles. The van der Waals surface area contributed by atoms with Gasteiger partial charge in [-0.3, -0.25) is 0 Å². The number of unbranched alkanes of at least 4 members (excludes halogenated alkanes) is 1. The zero-order valence-electron chi connectivity index (χ0n) is 7.20. The van der Waals surface area contributed by atoms with Gasteiger partial charge < -0.3 is 4.55 Å². The molecule has 0 saturated heterocycles. The van der Waals surface area contributed by atoms with Gasteiger partial charge >= 0.3 is 18.9 Å². The van der Waals surface area contributed by atoms with Crippen molar-refractivity contribution < 1.29 is 31.8 Å². The number of nitrogens with zero attached hydrogens (tertiary/aromatic N) is 1. The quantitative estimate of drug-likeness (QED) is 0.340. The second kappa shape index (κ2) is 6.04. The van der Waals surface area contributed by atoms with Crippen molar-refractivity contribution in [2.24, 2.45) is 0 Å². The molecule has 0 rings (SSSR count). The van der Waals surface area contributed by atoms with E-state index in [0.29, 0.717) is 6.54 Å². The monoisotopic (exact) mass is 173 g/mol. The van der Waals surface area contributed by atoms with Crippen LogP contribution in [0.2, 0.25) is 0 Å². The molecule has 0 aromatic rings. The Hall–Kier alpha value is 0.467. The summed E-state index contributed by atoms with van der Waals surface area (Å²) >= 11 is 0. The van der Waals surface area contributed by atoms with Gasteiger partial charge in [-0.25, -0.2) is 12.7 Å². The molecule has 11 heavy (non-hydrogen) atoms. The van der Waals surface area contributed by atoms with Crippen molar-refractivity contribution in [3.05, 3.63) is 0 Å². The molecule has 0 radical (unpaired) electrons. The van der Waals surface area contributed by atoms with Crippen molar-refractivity contribution in [1.82, 2.24) is 4.31 Å². The van der Waals surface area contributed by atoms with Crippen LogP contribution in [0.25, 0.3) is 0 Å². The minimum absolute atomic E-state index is 0. The molecule has 0 heterocycles. The van der Waals surface area contributed by atoms with Crippen LogP contribution < -0.4 is 18.9 Å². The zero-order chi connectivity index (χ0) is 8.20. The van der Waals surface area contributed by atoms with Crippen LogP contribution in [0.3, 0.4) is 0 Å². The second-order valence-corrected chi connectivity index (χ2v) is 3.61. The van der Waals surface area contributed by atoms with Gasteiger partial charge in [0.15, 0.2) is 10.3 Å². The summed E-state index contributed by atoms with van der Waals surface area (Å²) in [7, 11) is -2.90. The van der Waals surface area contributed by atoms with Crippen LogP contribution in [0.5, 0.6) is 0 Å². The third-order valence-corrected chi connectivity index (χ3v) is 2.15. The van der Waals surface area contributed by atoms with Crippen LogP contribution >= 0.6 is 0 Å². The first kappa shape index (κ1) is 14.0. The van der Waals surface area contributed by atoms with Gasteiger partial charge in [-0.05, 0) is 6.42 Å². The fourth-order valence-corrected chi connectivity index (χ4v) is 0.845. The Labute approximate surface area is 80.0 Å². The molecular formula is C5H12LiNO3S. The predicted molar refractivity (Wildman–Crippen MR) is 37.2 cm³/mol. The first-order valence-electron chi connectivity index (χ1n) is 3.15. The molecule has 0 fully saturated rings. The summed E-state index contributed by atoms with van der Waals surface area (Å²) in [6, 6.07) is 0. The third-order valence-electron chi connectivity index (χ3n) is 1.21. The van der Waals surface area contributed by atoms with Crippen LogP contribution in [0.1, 0.15) is 19.8 Å². The van der Waals surface area contributed by atoms with Gasteiger partial charge in [0.05, 0.1) is 0 Å². The Balaban J connectivity index is 0. The maximum absolute atomic E-state index is 10.2. The molecule has 0 N–H and O–H groups in total. The fourth-order valence-electron chi connectivity index (χ4n) is 0.493. The van der Waals surface area contributed by atoms with Gasteiger partial charge in [-0.1, -0.05) is 13.3 Å². The van der Waals surface area contributed by atoms with Gasteiger partial charge in [0, 0.05) is 13.6 Å². The van der Waals surface area contributed by atoms with Gasteiger partial charge in [0.1, 0.15) is 0 Å². The van der Waals surface area contributed by atoms with Crippen molar-refractivity contribution in [3.8, 4) is 0 Å². The maximum atomic E-state index is 10.2. The van der Waals surface area contributed by atoms with E-state index in [1.54, 1.807) is 0 Å².